The summed E-state index contributed by atoms with van der Waals surface area (Å²) in [5, 5.41) is 7.06. The summed E-state index contributed by atoms with van der Waals surface area (Å²) < 4.78 is 21.8. The second kappa shape index (κ2) is 7.51. The third kappa shape index (κ3) is 3.60. The zero-order chi connectivity index (χ0) is 20.7. The van der Waals surface area contributed by atoms with E-state index in [1.165, 1.54) is 12.3 Å². The molecule has 152 valence electrons. The fourth-order valence-corrected chi connectivity index (χ4v) is 3.52. The van der Waals surface area contributed by atoms with Crippen molar-refractivity contribution in [3.05, 3.63) is 52.6 Å². The van der Waals surface area contributed by atoms with E-state index in [9.17, 15) is 9.18 Å². The Morgan fingerprint density at radius 2 is 2.14 bits per heavy atom. The molecule has 1 aliphatic heterocycles. The van der Waals surface area contributed by atoms with Crippen LogP contribution in [0.2, 0.25) is 5.02 Å². The van der Waals surface area contributed by atoms with Gasteiger partial charge in [-0.3, -0.25) is 4.79 Å². The summed E-state index contributed by atoms with van der Waals surface area (Å²) in [4.78, 5) is 19.3. The molecule has 1 N–H and O–H groups in total. The van der Waals surface area contributed by atoms with Gasteiger partial charge in [0.2, 0.25) is 0 Å². The van der Waals surface area contributed by atoms with Gasteiger partial charge < -0.3 is 15.0 Å². The lowest BCUT2D eigenvalue weighted by Gasteiger charge is -2.29. The molecule has 0 aliphatic carbocycles. The van der Waals surface area contributed by atoms with E-state index in [2.05, 4.69) is 15.4 Å². The van der Waals surface area contributed by atoms with Crippen molar-refractivity contribution in [3.63, 3.8) is 0 Å². The summed E-state index contributed by atoms with van der Waals surface area (Å²) in [6.07, 6.45) is 2.89. The normalized spacial score (nSPS) is 17.4. The van der Waals surface area contributed by atoms with Crippen molar-refractivity contribution in [1.82, 2.24) is 19.9 Å². The van der Waals surface area contributed by atoms with E-state index in [1.54, 1.807) is 22.8 Å². The molecule has 1 aromatic carbocycles. The number of benzene rings is 1. The van der Waals surface area contributed by atoms with E-state index in [4.69, 9.17) is 16.3 Å². The van der Waals surface area contributed by atoms with Gasteiger partial charge >= 0.3 is 0 Å². The molecule has 0 saturated heterocycles. The molecule has 0 fully saturated rings. The molecule has 0 unspecified atom stereocenters. The van der Waals surface area contributed by atoms with Crippen LogP contribution in [0.3, 0.4) is 0 Å². The first-order valence-corrected chi connectivity index (χ1v) is 9.75. The number of carbonyl (C=O) groups excluding carboxylic acids is 1. The Balaban J connectivity index is 1.90. The van der Waals surface area contributed by atoms with Crippen molar-refractivity contribution in [2.75, 3.05) is 11.4 Å². The van der Waals surface area contributed by atoms with Gasteiger partial charge in [-0.15, -0.1) is 0 Å². The maximum absolute atomic E-state index is 14.2. The van der Waals surface area contributed by atoms with Crippen molar-refractivity contribution in [1.29, 1.82) is 0 Å². The van der Waals surface area contributed by atoms with Crippen LogP contribution in [0.15, 0.2) is 30.6 Å². The van der Waals surface area contributed by atoms with Crippen LogP contribution in [0.25, 0.3) is 5.65 Å². The number of nitrogens with one attached hydrogen (secondary N) is 1. The van der Waals surface area contributed by atoms with Gasteiger partial charge in [-0.1, -0.05) is 11.6 Å². The van der Waals surface area contributed by atoms with Gasteiger partial charge in [0, 0.05) is 24.3 Å². The van der Waals surface area contributed by atoms with Crippen molar-refractivity contribution < 1.29 is 13.9 Å². The number of nitrogens with zero attached hydrogens (tertiary/aromatic N) is 4. The van der Waals surface area contributed by atoms with E-state index in [-0.39, 0.29) is 29.6 Å². The van der Waals surface area contributed by atoms with Crippen LogP contribution in [-0.4, -0.2) is 39.2 Å². The number of hydrogen-bond acceptors (Lipinski definition) is 5. The van der Waals surface area contributed by atoms with Crippen molar-refractivity contribution in [2.24, 2.45) is 0 Å². The van der Waals surface area contributed by atoms with E-state index < -0.39 is 5.82 Å². The Morgan fingerprint density at radius 1 is 1.34 bits per heavy atom. The maximum Gasteiger partial charge on any atom is 0.256 e. The van der Waals surface area contributed by atoms with Crippen LogP contribution < -0.4 is 15.0 Å². The van der Waals surface area contributed by atoms with Gasteiger partial charge in [0.25, 0.3) is 5.91 Å². The zero-order valence-corrected chi connectivity index (χ0v) is 17.1. The van der Waals surface area contributed by atoms with Gasteiger partial charge in [0.1, 0.15) is 29.1 Å². The van der Waals surface area contributed by atoms with Crippen LogP contribution in [0.1, 0.15) is 36.7 Å². The summed E-state index contributed by atoms with van der Waals surface area (Å²) in [6, 6.07) is 4.68. The molecule has 1 aliphatic rings. The van der Waals surface area contributed by atoms with Gasteiger partial charge in [-0.05, 0) is 39.0 Å². The molecular weight excluding hydrogens is 397 g/mol. The molecule has 0 radical (unpaired) electrons. The van der Waals surface area contributed by atoms with Gasteiger partial charge in [-0.25, -0.2) is 13.9 Å². The summed E-state index contributed by atoms with van der Waals surface area (Å²) in [5.74, 6) is 0.310. The second-order valence-corrected chi connectivity index (χ2v) is 7.69. The summed E-state index contributed by atoms with van der Waals surface area (Å²) in [6.45, 7) is 6.39. The second-order valence-electron chi connectivity index (χ2n) is 7.31. The minimum Gasteiger partial charge on any atom is -0.488 e. The summed E-state index contributed by atoms with van der Waals surface area (Å²) in [5.41, 5.74) is 1.36. The number of carbonyl (C=O) groups is 1. The van der Waals surface area contributed by atoms with Crippen LogP contribution in [0.4, 0.5) is 10.2 Å². The predicted octanol–water partition coefficient (Wildman–Crippen LogP) is 3.45. The lowest BCUT2D eigenvalue weighted by atomic mass is 10.1. The van der Waals surface area contributed by atoms with Gasteiger partial charge in [-0.2, -0.15) is 5.10 Å². The number of rotatable bonds is 1. The highest BCUT2D eigenvalue weighted by molar-refractivity contribution is 6.31. The summed E-state index contributed by atoms with van der Waals surface area (Å²) in [7, 11) is 0. The quantitative estimate of drug-likeness (QED) is 0.656. The minimum atomic E-state index is -0.510. The lowest BCUT2D eigenvalue weighted by Crippen LogP contribution is -2.34. The number of amides is 1. The molecule has 3 heterocycles. The highest BCUT2D eigenvalue weighted by Gasteiger charge is 2.23. The molecule has 7 nitrogen and oxygen atoms in total. The SMILES string of the molecule is CC(C)N1Cc2c(ccc(F)c2Cl)O[C@@H](C)CNC(=O)c2cnn3ccc1nc23. The summed E-state index contributed by atoms with van der Waals surface area (Å²) >= 11 is 6.32. The first-order chi connectivity index (χ1) is 13.8. The van der Waals surface area contributed by atoms with Crippen molar-refractivity contribution in [3.8, 4) is 5.75 Å². The number of anilines is 1. The van der Waals surface area contributed by atoms with Gasteiger partial charge in [0.15, 0.2) is 5.65 Å². The number of ether oxygens (including phenoxy) is 1. The molecule has 0 spiro atoms. The Kier molecular flexibility index (Phi) is 5.04. The Labute approximate surface area is 172 Å². The zero-order valence-electron chi connectivity index (χ0n) is 16.3. The first-order valence-electron chi connectivity index (χ1n) is 9.38. The Bertz CT molecular complexity index is 1080. The molecule has 3 aromatic rings. The Hall–Kier alpha value is -2.87. The molecule has 9 heteroatoms. The predicted molar refractivity (Wildman–Crippen MR) is 108 cm³/mol. The third-order valence-electron chi connectivity index (χ3n) is 4.88. The van der Waals surface area contributed by atoms with E-state index in [0.29, 0.717) is 34.9 Å². The maximum atomic E-state index is 14.2. The largest absolute Gasteiger partial charge is 0.488 e. The van der Waals surface area contributed by atoms with Crippen LogP contribution in [0, 0.1) is 5.82 Å². The topological polar surface area (TPSA) is 71.8 Å². The lowest BCUT2D eigenvalue weighted by molar-refractivity contribution is 0.0933. The molecular formula is C20H21ClFN5O2. The molecule has 29 heavy (non-hydrogen) atoms. The highest BCUT2D eigenvalue weighted by atomic mass is 35.5. The molecule has 1 atom stereocenters. The van der Waals surface area contributed by atoms with Gasteiger partial charge in [0.05, 0.1) is 17.8 Å². The third-order valence-corrected chi connectivity index (χ3v) is 5.29. The highest BCUT2D eigenvalue weighted by Crippen LogP contribution is 2.33. The smallest absolute Gasteiger partial charge is 0.256 e. The fourth-order valence-electron chi connectivity index (χ4n) is 3.30. The first kappa shape index (κ1) is 19.4. The fraction of sp³-hybridized carbons (Fsp3) is 0.350. The van der Waals surface area contributed by atoms with Crippen LogP contribution >= 0.6 is 11.6 Å². The molecule has 1 amide bonds. The minimum absolute atomic E-state index is 0.0189. The number of aromatic nitrogens is 3. The van der Waals surface area contributed by atoms with Crippen molar-refractivity contribution >= 4 is 29.0 Å². The average Bonchev–Trinajstić information content (AvgIpc) is 3.11. The number of halogens is 2. The van der Waals surface area contributed by atoms with Crippen LogP contribution in [-0.2, 0) is 6.54 Å². The standard InChI is InChI=1S/C20H21ClFN5O2/c1-11(2)26-10-14-16(5-4-15(22)18(14)21)29-12(3)8-23-20(28)13-9-24-27-7-6-17(26)25-19(13)27/h4-7,9,11-12H,8,10H2,1-3H3,(H,23,28)/t12-/m0/s1. The molecule has 2 aromatic heterocycles. The van der Waals surface area contributed by atoms with E-state index in [1.807, 2.05) is 25.7 Å². The van der Waals surface area contributed by atoms with Crippen molar-refractivity contribution in [2.45, 2.75) is 39.5 Å². The van der Waals surface area contributed by atoms with E-state index in [0.717, 1.165) is 0 Å². The average molecular weight is 418 g/mol. The van der Waals surface area contributed by atoms with E-state index >= 15 is 0 Å². The number of hydrogen-bond donors (Lipinski definition) is 1. The molecule has 2 bridgehead atoms. The number of fused-ring (bicyclic) bond motifs is 2. The monoisotopic (exact) mass is 417 g/mol. The molecule has 4 rings (SSSR count). The van der Waals surface area contributed by atoms with Crippen LogP contribution in [0.5, 0.6) is 5.75 Å². The molecule has 0 saturated carbocycles. The Morgan fingerprint density at radius 3 is 2.90 bits per heavy atom.